The Morgan fingerprint density at radius 1 is 0.697 bits per heavy atom. The molecule has 0 saturated carbocycles. The van der Waals surface area contributed by atoms with E-state index in [9.17, 15) is 38.4 Å². The van der Waals surface area contributed by atoms with Crippen molar-refractivity contribution in [2.45, 2.75) is 104 Å². The van der Waals surface area contributed by atoms with Gasteiger partial charge in [-0.1, -0.05) is 78.9 Å². The van der Waals surface area contributed by atoms with Gasteiger partial charge in [0.15, 0.2) is 18.1 Å². The van der Waals surface area contributed by atoms with Crippen LogP contribution in [0.5, 0.6) is 0 Å². The SMILES string of the molecule is CC1(C)S[C@@H]2[C@H](NC(=O)C(N)c3ccccc3)C(=O)N2[C@H]1C(=O)OC1OC(=O)c2ccccc21.Cc1oc(=O)oc1COC(=O)[C@@H]1N2C(=O)[C@@H](NC(=O)[C@H](N)c3ccccc3)[C@H]2SC1(C)C. The number of amides is 4. The maximum atomic E-state index is 13.2. The number of nitrogens with two attached hydrogens (primary N) is 2. The highest BCUT2D eigenvalue weighted by atomic mass is 32.2. The van der Waals surface area contributed by atoms with E-state index in [1.54, 1.807) is 72.8 Å². The zero-order valence-electron chi connectivity index (χ0n) is 36.2. The minimum atomic E-state index is -1.16. The lowest BCUT2D eigenvalue weighted by atomic mass is 9.95. The van der Waals surface area contributed by atoms with Gasteiger partial charge < -0.3 is 54.9 Å². The van der Waals surface area contributed by atoms with Crippen molar-refractivity contribution >= 4 is 65.1 Å². The van der Waals surface area contributed by atoms with Gasteiger partial charge in [0.1, 0.15) is 47.0 Å². The maximum absolute atomic E-state index is 13.2. The van der Waals surface area contributed by atoms with Gasteiger partial charge in [0.05, 0.1) is 5.56 Å². The quantitative estimate of drug-likeness (QED) is 0.124. The standard InChI is InChI=1S/C24H23N3O6S.C21H23N3O7S/c1-24(2)17(22(31)33-23-14-11-7-6-10-13(14)21(30)32-23)27-19(29)16(20(27)34-24)26-18(28)15(25)12-8-4-3-5-9-12;1-10-12(31-20(28)30-10)9-29-19(27)15-21(2,3)32-18-14(17(26)24(15)18)23-16(25)13(22)11-7-5-4-6-8-11/h3-11,15-17,20,23H,25H2,1-2H3,(H,26,28);4-8,13-15,18H,9,22H2,1-3H3,(H,23,25)/t15?,16-,17+,20-,23?;13-,14-,15+,18-/m11/s1. The number of carbonyl (C=O) groups excluding carboxylic acids is 7. The van der Waals surface area contributed by atoms with Crippen LogP contribution in [0.15, 0.2) is 98.6 Å². The number of cyclic esters (lactones) is 1. The summed E-state index contributed by atoms with van der Waals surface area (Å²) in [6.45, 7) is 8.55. The molecule has 6 heterocycles. The molecule has 4 fully saturated rings. The Balaban J connectivity index is 0.000000180. The normalized spacial score (nSPS) is 25.9. The highest BCUT2D eigenvalue weighted by molar-refractivity contribution is 8.02. The van der Waals surface area contributed by atoms with Gasteiger partial charge in [-0.3, -0.25) is 19.2 Å². The molecule has 9 atom stereocenters. The van der Waals surface area contributed by atoms with Crippen LogP contribution in [-0.4, -0.2) is 95.7 Å². The van der Waals surface area contributed by atoms with Crippen LogP contribution in [0, 0.1) is 6.92 Å². The van der Waals surface area contributed by atoms with Crippen molar-refractivity contribution in [3.63, 3.8) is 0 Å². The average Bonchev–Trinajstić information content (AvgIpc) is 3.97. The first-order valence-electron chi connectivity index (χ1n) is 20.8. The molecule has 5 aliphatic heterocycles. The molecule has 1 aromatic heterocycles. The van der Waals surface area contributed by atoms with E-state index in [1.807, 2.05) is 39.8 Å². The second kappa shape index (κ2) is 17.8. The number of thioether (sulfide) groups is 2. The fourth-order valence-electron chi connectivity index (χ4n) is 8.45. The van der Waals surface area contributed by atoms with Crippen molar-refractivity contribution < 1.29 is 56.6 Å². The lowest BCUT2D eigenvalue weighted by Gasteiger charge is -2.44. The minimum Gasteiger partial charge on any atom is -0.456 e. The number of benzene rings is 3. The summed E-state index contributed by atoms with van der Waals surface area (Å²) in [5.74, 6) is -4.12. The predicted molar refractivity (Wildman–Crippen MR) is 235 cm³/mol. The van der Waals surface area contributed by atoms with Gasteiger partial charge in [-0.2, -0.15) is 0 Å². The van der Waals surface area contributed by atoms with E-state index >= 15 is 0 Å². The first kappa shape index (κ1) is 46.1. The molecule has 9 rings (SSSR count). The van der Waals surface area contributed by atoms with Crippen molar-refractivity contribution in [2.24, 2.45) is 11.5 Å². The summed E-state index contributed by atoms with van der Waals surface area (Å²) < 4.78 is 24.3. The third-order valence-electron chi connectivity index (χ3n) is 11.9. The number of ether oxygens (including phenoxy) is 3. The number of β-lactam (4-membered cyclic amide) rings is 2. The first-order chi connectivity index (χ1) is 31.3. The number of carbonyl (C=O) groups is 7. The summed E-state index contributed by atoms with van der Waals surface area (Å²) in [6, 6.07) is 19.2. The summed E-state index contributed by atoms with van der Waals surface area (Å²) in [7, 11) is 0. The second-order valence-electron chi connectivity index (χ2n) is 17.1. The van der Waals surface area contributed by atoms with Crippen molar-refractivity contribution in [2.75, 3.05) is 0 Å². The van der Waals surface area contributed by atoms with Gasteiger partial charge in [0.25, 0.3) is 6.29 Å². The Morgan fingerprint density at radius 3 is 1.65 bits per heavy atom. The molecule has 0 spiro atoms. The molecule has 4 aromatic rings. The molecule has 6 N–H and O–H groups in total. The molecule has 4 amide bonds. The lowest BCUT2D eigenvalue weighted by Crippen LogP contribution is -2.71. The van der Waals surface area contributed by atoms with Crippen LogP contribution in [0.1, 0.15) is 84.6 Å². The number of esters is 3. The van der Waals surface area contributed by atoms with Crippen molar-refractivity contribution in [3.05, 3.63) is 129 Å². The molecular weight excluding hydrogens is 897 g/mol. The summed E-state index contributed by atoms with van der Waals surface area (Å²) >= 11 is 2.80. The van der Waals surface area contributed by atoms with Crippen LogP contribution >= 0.6 is 23.5 Å². The molecule has 0 radical (unpaired) electrons. The van der Waals surface area contributed by atoms with Crippen LogP contribution < -0.4 is 27.9 Å². The topological polar surface area (TPSA) is 273 Å². The molecule has 19 nitrogen and oxygen atoms in total. The van der Waals surface area contributed by atoms with E-state index in [-0.39, 0.29) is 29.9 Å². The predicted octanol–water partition coefficient (Wildman–Crippen LogP) is 2.48. The van der Waals surface area contributed by atoms with Crippen LogP contribution in [0.2, 0.25) is 0 Å². The second-order valence-corrected chi connectivity index (χ2v) is 20.6. The number of nitrogens with one attached hydrogen (secondary N) is 2. The molecule has 66 heavy (non-hydrogen) atoms. The Labute approximate surface area is 385 Å². The fourth-order valence-corrected chi connectivity index (χ4v) is 11.7. The number of aryl methyl sites for hydroxylation is 1. The fraction of sp³-hybridized carbons (Fsp3) is 0.378. The van der Waals surface area contributed by atoms with E-state index in [0.717, 1.165) is 0 Å². The molecule has 346 valence electrons. The van der Waals surface area contributed by atoms with Gasteiger partial charge in [-0.05, 0) is 51.8 Å². The Morgan fingerprint density at radius 2 is 1.17 bits per heavy atom. The van der Waals surface area contributed by atoms with Crippen LogP contribution in [-0.2, 0) is 49.6 Å². The molecule has 2 unspecified atom stereocenters. The van der Waals surface area contributed by atoms with E-state index in [0.29, 0.717) is 22.3 Å². The lowest BCUT2D eigenvalue weighted by molar-refractivity contribution is -0.180. The highest BCUT2D eigenvalue weighted by Gasteiger charge is 2.66. The first-order valence-corrected chi connectivity index (χ1v) is 22.5. The number of hydrogen-bond acceptors (Lipinski definition) is 17. The number of hydrogen-bond donors (Lipinski definition) is 4. The monoisotopic (exact) mass is 942 g/mol. The smallest absolute Gasteiger partial charge is 0.456 e. The molecule has 4 saturated heterocycles. The highest BCUT2D eigenvalue weighted by Crippen LogP contribution is 2.52. The van der Waals surface area contributed by atoms with Crippen LogP contribution in [0.4, 0.5) is 0 Å². The van der Waals surface area contributed by atoms with Gasteiger partial charge in [-0.15, -0.1) is 23.5 Å². The molecule has 0 bridgehead atoms. The zero-order chi connectivity index (χ0) is 47.4. The Kier molecular flexibility index (Phi) is 12.4. The number of nitrogens with zero attached hydrogens (tertiary/aromatic N) is 2. The van der Waals surface area contributed by atoms with Crippen LogP contribution in [0.3, 0.4) is 0 Å². The van der Waals surface area contributed by atoms with E-state index in [2.05, 4.69) is 10.6 Å². The average molecular weight is 943 g/mol. The summed E-state index contributed by atoms with van der Waals surface area (Å²) in [4.78, 5) is 103. The maximum Gasteiger partial charge on any atom is 0.519 e. The summed E-state index contributed by atoms with van der Waals surface area (Å²) in [5.41, 5.74) is 14.2. The largest absolute Gasteiger partial charge is 0.519 e. The zero-order valence-corrected chi connectivity index (χ0v) is 37.8. The van der Waals surface area contributed by atoms with E-state index in [1.165, 1.54) is 40.2 Å². The number of fused-ring (bicyclic) bond motifs is 3. The molecule has 5 aliphatic rings. The van der Waals surface area contributed by atoms with Crippen molar-refractivity contribution in [1.29, 1.82) is 0 Å². The van der Waals surface area contributed by atoms with Gasteiger partial charge in [-0.25, -0.2) is 19.2 Å². The van der Waals surface area contributed by atoms with Gasteiger partial charge in [0, 0.05) is 15.1 Å². The minimum absolute atomic E-state index is 0.110. The third-order valence-corrected chi connectivity index (χ3v) is 15.0. The number of rotatable bonds is 11. The molecule has 0 aliphatic carbocycles. The third kappa shape index (κ3) is 8.46. The Bertz CT molecular complexity index is 2660. The van der Waals surface area contributed by atoms with Crippen LogP contribution in [0.25, 0.3) is 0 Å². The van der Waals surface area contributed by atoms with Crippen molar-refractivity contribution in [3.8, 4) is 0 Å². The molecule has 21 heteroatoms. The summed E-state index contributed by atoms with van der Waals surface area (Å²) in [5, 5.41) is 4.58. The summed E-state index contributed by atoms with van der Waals surface area (Å²) in [6.07, 6.45) is -1.16. The molecular formula is C45H46N6O13S2. The van der Waals surface area contributed by atoms with E-state index in [4.69, 9.17) is 34.5 Å². The van der Waals surface area contributed by atoms with Gasteiger partial charge >= 0.3 is 23.7 Å². The Hall–Kier alpha value is -6.42. The van der Waals surface area contributed by atoms with Gasteiger partial charge in [0.2, 0.25) is 23.6 Å². The van der Waals surface area contributed by atoms with E-state index < -0.39 is 98.3 Å². The molecule has 3 aromatic carbocycles. The van der Waals surface area contributed by atoms with Crippen molar-refractivity contribution in [1.82, 2.24) is 20.4 Å².